The van der Waals surface area contributed by atoms with Gasteiger partial charge in [0.2, 0.25) is 0 Å². The summed E-state index contributed by atoms with van der Waals surface area (Å²) < 4.78 is 26.3. The van der Waals surface area contributed by atoms with Crippen LogP contribution in [0.15, 0.2) is 57.9 Å². The van der Waals surface area contributed by atoms with E-state index < -0.39 is 11.5 Å². The molecule has 0 bridgehead atoms. The summed E-state index contributed by atoms with van der Waals surface area (Å²) in [5, 5.41) is 11.0. The average Bonchev–Trinajstić information content (AvgIpc) is 3.33. The summed E-state index contributed by atoms with van der Waals surface area (Å²) in [7, 11) is 2.10. The predicted octanol–water partition coefficient (Wildman–Crippen LogP) is 3.61. The molecule has 1 aliphatic heterocycles. The fraction of sp³-hybridized carbons (Fsp3) is 0.308. The first-order valence-corrected chi connectivity index (χ1v) is 11.7. The van der Waals surface area contributed by atoms with Crippen molar-refractivity contribution in [2.75, 3.05) is 25.5 Å². The van der Waals surface area contributed by atoms with E-state index >= 15 is 0 Å². The standard InChI is InChI=1S/C26H26FN5O4/c1-16-23(35-20-9-11-31(2)12-10-20)8-5-18-13-21(26(34)36-24(16)18)28-25(33)22-15-32(30-29-22)14-17-3-6-19(27)7-4-17/h3-8,13,15,20H,9-12,14H2,1-2H3,(H,28,33). The van der Waals surface area contributed by atoms with E-state index in [0.717, 1.165) is 37.1 Å². The smallest absolute Gasteiger partial charge is 0.360 e. The van der Waals surface area contributed by atoms with Crippen molar-refractivity contribution in [1.82, 2.24) is 19.9 Å². The zero-order valence-electron chi connectivity index (χ0n) is 20.0. The van der Waals surface area contributed by atoms with Crippen LogP contribution in [0.1, 0.15) is 34.5 Å². The molecule has 0 unspecified atom stereocenters. The number of anilines is 1. The molecule has 4 aromatic rings. The number of hydrogen-bond acceptors (Lipinski definition) is 7. The highest BCUT2D eigenvalue weighted by molar-refractivity contribution is 6.03. The van der Waals surface area contributed by atoms with Crippen LogP contribution >= 0.6 is 0 Å². The first-order valence-electron chi connectivity index (χ1n) is 11.7. The second-order valence-corrected chi connectivity index (χ2v) is 9.06. The summed E-state index contributed by atoms with van der Waals surface area (Å²) in [6.45, 7) is 4.14. The predicted molar refractivity (Wildman–Crippen MR) is 132 cm³/mol. The number of benzene rings is 2. The maximum Gasteiger partial charge on any atom is 0.360 e. The Bertz CT molecular complexity index is 1460. The zero-order chi connectivity index (χ0) is 25.2. The number of nitrogens with one attached hydrogen (secondary N) is 1. The van der Waals surface area contributed by atoms with Gasteiger partial charge < -0.3 is 19.4 Å². The summed E-state index contributed by atoms with van der Waals surface area (Å²) in [6, 6.07) is 11.2. The Kier molecular flexibility index (Phi) is 6.51. The molecule has 1 aliphatic rings. The molecule has 1 fully saturated rings. The lowest BCUT2D eigenvalue weighted by atomic mass is 10.1. The highest BCUT2D eigenvalue weighted by atomic mass is 19.1. The fourth-order valence-electron chi connectivity index (χ4n) is 4.25. The van der Waals surface area contributed by atoms with Crippen LogP contribution in [0.25, 0.3) is 11.0 Å². The molecule has 186 valence electrons. The third-order valence-corrected chi connectivity index (χ3v) is 6.34. The number of aromatic nitrogens is 3. The molecule has 1 saturated heterocycles. The van der Waals surface area contributed by atoms with Gasteiger partial charge in [-0.15, -0.1) is 5.10 Å². The van der Waals surface area contributed by atoms with Crippen molar-refractivity contribution in [2.45, 2.75) is 32.4 Å². The number of ether oxygens (including phenoxy) is 1. The lowest BCUT2D eigenvalue weighted by Gasteiger charge is -2.29. The molecule has 0 radical (unpaired) electrons. The molecule has 1 amide bonds. The number of rotatable bonds is 6. The van der Waals surface area contributed by atoms with Crippen LogP contribution < -0.4 is 15.7 Å². The number of carbonyl (C=O) groups excluding carboxylic acids is 1. The molecule has 2 aromatic carbocycles. The maximum atomic E-state index is 13.1. The van der Waals surface area contributed by atoms with E-state index in [9.17, 15) is 14.0 Å². The van der Waals surface area contributed by atoms with E-state index in [-0.39, 0.29) is 23.3 Å². The van der Waals surface area contributed by atoms with Crippen LogP contribution in [0.3, 0.4) is 0 Å². The van der Waals surface area contributed by atoms with E-state index in [1.807, 2.05) is 19.1 Å². The molecule has 0 atom stereocenters. The Balaban J connectivity index is 1.30. The van der Waals surface area contributed by atoms with Gasteiger partial charge in [-0.25, -0.2) is 13.9 Å². The molecule has 0 spiro atoms. The summed E-state index contributed by atoms with van der Waals surface area (Å²) in [5.74, 6) is -0.233. The minimum atomic E-state index is -0.672. The molecular formula is C26H26FN5O4. The van der Waals surface area contributed by atoms with Crippen molar-refractivity contribution < 1.29 is 18.3 Å². The fourth-order valence-corrected chi connectivity index (χ4v) is 4.25. The number of amides is 1. The lowest BCUT2D eigenvalue weighted by Crippen LogP contribution is -2.35. The first-order chi connectivity index (χ1) is 17.4. The van der Waals surface area contributed by atoms with Gasteiger partial charge in [0.15, 0.2) is 5.69 Å². The van der Waals surface area contributed by atoms with Gasteiger partial charge in [-0.3, -0.25) is 4.79 Å². The minimum absolute atomic E-state index is 0.00368. The molecule has 0 aliphatic carbocycles. The van der Waals surface area contributed by atoms with Crippen LogP contribution in [0.4, 0.5) is 10.1 Å². The number of fused-ring (bicyclic) bond motifs is 1. The molecule has 1 N–H and O–H groups in total. The van der Waals surface area contributed by atoms with Gasteiger partial charge in [0.25, 0.3) is 5.91 Å². The molecule has 3 heterocycles. The largest absolute Gasteiger partial charge is 0.490 e. The second-order valence-electron chi connectivity index (χ2n) is 9.06. The van der Waals surface area contributed by atoms with E-state index in [2.05, 4.69) is 27.6 Å². The van der Waals surface area contributed by atoms with Crippen molar-refractivity contribution >= 4 is 22.6 Å². The number of piperidine rings is 1. The summed E-state index contributed by atoms with van der Waals surface area (Å²) in [4.78, 5) is 27.6. The molecular weight excluding hydrogens is 465 g/mol. The third kappa shape index (κ3) is 5.13. The van der Waals surface area contributed by atoms with Crippen molar-refractivity contribution in [2.24, 2.45) is 0 Å². The van der Waals surface area contributed by atoms with Crippen molar-refractivity contribution in [3.63, 3.8) is 0 Å². The van der Waals surface area contributed by atoms with Gasteiger partial charge in [0, 0.05) is 24.0 Å². The second kappa shape index (κ2) is 9.90. The third-order valence-electron chi connectivity index (χ3n) is 6.34. The molecule has 36 heavy (non-hydrogen) atoms. The van der Waals surface area contributed by atoms with E-state index in [4.69, 9.17) is 9.15 Å². The van der Waals surface area contributed by atoms with Gasteiger partial charge in [-0.05, 0) is 62.7 Å². The van der Waals surface area contributed by atoms with Gasteiger partial charge in [-0.2, -0.15) is 0 Å². The van der Waals surface area contributed by atoms with E-state index in [1.165, 1.54) is 23.0 Å². The molecule has 5 rings (SSSR count). The summed E-state index contributed by atoms with van der Waals surface area (Å²) in [6.07, 6.45) is 3.46. The van der Waals surface area contributed by atoms with Crippen LogP contribution in [-0.2, 0) is 6.54 Å². The van der Waals surface area contributed by atoms with Gasteiger partial charge >= 0.3 is 5.63 Å². The highest BCUT2D eigenvalue weighted by Gasteiger charge is 2.20. The Morgan fingerprint density at radius 2 is 1.94 bits per heavy atom. The zero-order valence-corrected chi connectivity index (χ0v) is 20.0. The van der Waals surface area contributed by atoms with E-state index in [0.29, 0.717) is 23.3 Å². The first kappa shape index (κ1) is 23.7. The van der Waals surface area contributed by atoms with Crippen LogP contribution in [0, 0.1) is 12.7 Å². The van der Waals surface area contributed by atoms with Crippen LogP contribution in [0.2, 0.25) is 0 Å². The van der Waals surface area contributed by atoms with Crippen molar-refractivity contribution in [3.05, 3.63) is 81.7 Å². The summed E-state index contributed by atoms with van der Waals surface area (Å²) >= 11 is 0. The quantitative estimate of drug-likeness (QED) is 0.411. The number of hydrogen-bond donors (Lipinski definition) is 1. The molecule has 9 nitrogen and oxygen atoms in total. The average molecular weight is 492 g/mol. The van der Waals surface area contributed by atoms with Crippen LogP contribution in [-0.4, -0.2) is 52.0 Å². The van der Waals surface area contributed by atoms with Gasteiger partial charge in [0.1, 0.15) is 28.9 Å². The normalized spacial score (nSPS) is 14.8. The SMILES string of the molecule is Cc1c(OC2CCN(C)CC2)ccc2cc(NC(=O)c3cn(Cc4ccc(F)cc4)nn3)c(=O)oc12. The molecule has 2 aromatic heterocycles. The Hall–Kier alpha value is -4.05. The number of carbonyl (C=O) groups is 1. The number of likely N-dealkylation sites (tertiary alicyclic amines) is 1. The topological polar surface area (TPSA) is 102 Å². The molecule has 0 saturated carbocycles. The highest BCUT2D eigenvalue weighted by Crippen LogP contribution is 2.30. The number of halogens is 1. The molecule has 10 heteroatoms. The number of nitrogens with zero attached hydrogens (tertiary/aromatic N) is 4. The van der Waals surface area contributed by atoms with E-state index in [1.54, 1.807) is 18.2 Å². The van der Waals surface area contributed by atoms with Gasteiger partial charge in [0.05, 0.1) is 12.7 Å². The lowest BCUT2D eigenvalue weighted by molar-refractivity contribution is 0.102. The van der Waals surface area contributed by atoms with Crippen LogP contribution in [0.5, 0.6) is 5.75 Å². The summed E-state index contributed by atoms with van der Waals surface area (Å²) in [5.41, 5.74) is 1.34. The Labute approximate surface area is 206 Å². The number of aryl methyl sites for hydroxylation is 1. The maximum absolute atomic E-state index is 13.1. The minimum Gasteiger partial charge on any atom is -0.490 e. The Morgan fingerprint density at radius 1 is 1.19 bits per heavy atom. The Morgan fingerprint density at radius 3 is 2.69 bits per heavy atom. The van der Waals surface area contributed by atoms with Gasteiger partial charge in [-0.1, -0.05) is 17.3 Å². The van der Waals surface area contributed by atoms with Crippen molar-refractivity contribution in [3.8, 4) is 5.75 Å². The van der Waals surface area contributed by atoms with Crippen molar-refractivity contribution in [1.29, 1.82) is 0 Å². The monoisotopic (exact) mass is 491 g/mol.